The molecular formula is C16H21ClN2S. The van der Waals surface area contributed by atoms with Crippen molar-refractivity contribution in [3.8, 4) is 0 Å². The molecule has 4 heteroatoms. The molecular weight excluding hydrogens is 288 g/mol. The molecule has 1 heterocycles. The maximum atomic E-state index is 6.25. The van der Waals surface area contributed by atoms with Gasteiger partial charge >= 0.3 is 0 Å². The minimum absolute atomic E-state index is 0.182. The Morgan fingerprint density at radius 2 is 2.30 bits per heavy atom. The molecule has 2 atom stereocenters. The average molecular weight is 309 g/mol. The molecule has 108 valence electrons. The molecule has 1 N–H and O–H groups in total. The van der Waals surface area contributed by atoms with E-state index in [1.807, 2.05) is 23.9 Å². The van der Waals surface area contributed by atoms with Gasteiger partial charge in [0, 0.05) is 5.75 Å². The summed E-state index contributed by atoms with van der Waals surface area (Å²) in [5.74, 6) is 1.92. The summed E-state index contributed by atoms with van der Waals surface area (Å²) < 4.78 is 0. The highest BCUT2D eigenvalue weighted by atomic mass is 35.5. The number of anilines is 1. The topological polar surface area (TPSA) is 24.4 Å². The number of aryl methyl sites for hydroxylation is 1. The van der Waals surface area contributed by atoms with Crippen molar-refractivity contribution in [2.45, 2.75) is 45.1 Å². The van der Waals surface area contributed by atoms with Crippen molar-refractivity contribution in [2.24, 2.45) is 10.9 Å². The Bertz CT molecular complexity index is 543. The van der Waals surface area contributed by atoms with Crippen LogP contribution in [-0.4, -0.2) is 16.5 Å². The first-order valence-electron chi connectivity index (χ1n) is 7.32. The van der Waals surface area contributed by atoms with E-state index in [9.17, 15) is 0 Å². The van der Waals surface area contributed by atoms with Gasteiger partial charge < -0.3 is 5.32 Å². The molecule has 1 aliphatic heterocycles. The molecule has 1 saturated carbocycles. The van der Waals surface area contributed by atoms with Crippen LogP contribution < -0.4 is 5.32 Å². The monoisotopic (exact) mass is 308 g/mol. The molecule has 0 bridgehead atoms. The summed E-state index contributed by atoms with van der Waals surface area (Å²) in [6.07, 6.45) is 5.13. The number of hydrogen-bond donors (Lipinski definition) is 1. The quantitative estimate of drug-likeness (QED) is 0.779. The van der Waals surface area contributed by atoms with E-state index < -0.39 is 0 Å². The number of aliphatic imine (C=N–C) groups is 1. The van der Waals surface area contributed by atoms with Crippen molar-refractivity contribution in [2.75, 3.05) is 11.1 Å². The highest BCUT2D eigenvalue weighted by molar-refractivity contribution is 8.14. The van der Waals surface area contributed by atoms with Crippen LogP contribution in [-0.2, 0) is 0 Å². The van der Waals surface area contributed by atoms with E-state index in [0.717, 1.165) is 27.5 Å². The van der Waals surface area contributed by atoms with Crippen LogP contribution in [0.1, 0.15) is 38.2 Å². The largest absolute Gasteiger partial charge is 0.334 e. The van der Waals surface area contributed by atoms with E-state index >= 15 is 0 Å². The molecule has 1 spiro atoms. The lowest BCUT2D eigenvalue weighted by atomic mass is 9.78. The Labute approximate surface area is 130 Å². The minimum atomic E-state index is 0.182. The summed E-state index contributed by atoms with van der Waals surface area (Å²) >= 11 is 8.09. The third-order valence-electron chi connectivity index (χ3n) is 4.25. The second-order valence-corrected chi connectivity index (χ2v) is 7.61. The second-order valence-electron chi connectivity index (χ2n) is 6.24. The lowest BCUT2D eigenvalue weighted by molar-refractivity contribution is 0.266. The molecule has 2 aliphatic rings. The number of nitrogens with zero attached hydrogens (tertiary/aromatic N) is 1. The van der Waals surface area contributed by atoms with Crippen molar-refractivity contribution < 1.29 is 0 Å². The van der Waals surface area contributed by atoms with Gasteiger partial charge in [0.05, 0.1) is 16.2 Å². The summed E-state index contributed by atoms with van der Waals surface area (Å²) in [6, 6.07) is 6.05. The van der Waals surface area contributed by atoms with Gasteiger partial charge in [0.2, 0.25) is 0 Å². The Morgan fingerprint density at radius 3 is 3.10 bits per heavy atom. The zero-order chi connectivity index (χ0) is 14.2. The van der Waals surface area contributed by atoms with Crippen LogP contribution in [0.25, 0.3) is 0 Å². The number of benzene rings is 1. The highest BCUT2D eigenvalue weighted by Gasteiger charge is 2.39. The molecule has 0 aromatic heterocycles. The third-order valence-corrected chi connectivity index (χ3v) is 5.73. The van der Waals surface area contributed by atoms with Crippen molar-refractivity contribution in [3.63, 3.8) is 0 Å². The Morgan fingerprint density at radius 1 is 1.45 bits per heavy atom. The molecule has 3 rings (SSSR count). The predicted octanol–water partition coefficient (Wildman–Crippen LogP) is 5.11. The van der Waals surface area contributed by atoms with Gasteiger partial charge in [0.25, 0.3) is 0 Å². The van der Waals surface area contributed by atoms with Crippen LogP contribution in [0.5, 0.6) is 0 Å². The first-order valence-corrected chi connectivity index (χ1v) is 8.69. The highest BCUT2D eigenvalue weighted by Crippen LogP contribution is 2.42. The van der Waals surface area contributed by atoms with Crippen LogP contribution in [0.4, 0.5) is 5.69 Å². The van der Waals surface area contributed by atoms with Gasteiger partial charge in [-0.2, -0.15) is 0 Å². The summed E-state index contributed by atoms with van der Waals surface area (Å²) in [5, 5.41) is 5.21. The SMILES string of the molecule is Cc1ccc(Cl)c(NC2=NC3(CCCC(C)C3)CS2)c1. The van der Waals surface area contributed by atoms with Crippen molar-refractivity contribution >= 4 is 34.2 Å². The Balaban J connectivity index is 1.77. The number of amidine groups is 1. The molecule has 1 aromatic rings. The van der Waals surface area contributed by atoms with Gasteiger partial charge in [0.15, 0.2) is 5.17 Å². The summed E-state index contributed by atoms with van der Waals surface area (Å²) in [6.45, 7) is 4.43. The maximum absolute atomic E-state index is 6.25. The fraction of sp³-hybridized carbons (Fsp3) is 0.562. The van der Waals surface area contributed by atoms with Gasteiger partial charge in [-0.1, -0.05) is 49.2 Å². The van der Waals surface area contributed by atoms with E-state index in [0.29, 0.717) is 0 Å². The smallest absolute Gasteiger partial charge is 0.161 e. The van der Waals surface area contributed by atoms with E-state index in [4.69, 9.17) is 16.6 Å². The summed E-state index contributed by atoms with van der Waals surface area (Å²) in [7, 11) is 0. The lowest BCUT2D eigenvalue weighted by Crippen LogP contribution is -2.33. The van der Waals surface area contributed by atoms with Gasteiger partial charge in [0.1, 0.15) is 0 Å². The molecule has 1 aromatic carbocycles. The Kier molecular flexibility index (Phi) is 4.00. The molecule has 1 aliphatic carbocycles. The second kappa shape index (κ2) is 5.61. The van der Waals surface area contributed by atoms with Gasteiger partial charge in [-0.3, -0.25) is 4.99 Å². The molecule has 2 nitrogen and oxygen atoms in total. The van der Waals surface area contributed by atoms with Gasteiger partial charge in [-0.05, 0) is 43.4 Å². The van der Waals surface area contributed by atoms with Crippen LogP contribution in [0.3, 0.4) is 0 Å². The van der Waals surface area contributed by atoms with E-state index in [1.54, 1.807) is 0 Å². The molecule has 0 amide bonds. The summed E-state index contributed by atoms with van der Waals surface area (Å²) in [5.41, 5.74) is 2.36. The van der Waals surface area contributed by atoms with E-state index in [-0.39, 0.29) is 5.54 Å². The summed E-state index contributed by atoms with van der Waals surface area (Å²) in [4.78, 5) is 5.01. The first-order chi connectivity index (χ1) is 9.56. The van der Waals surface area contributed by atoms with Crippen LogP contribution in [0, 0.1) is 12.8 Å². The van der Waals surface area contributed by atoms with E-state index in [1.165, 1.54) is 31.2 Å². The average Bonchev–Trinajstić information content (AvgIpc) is 2.76. The van der Waals surface area contributed by atoms with Gasteiger partial charge in [-0.15, -0.1) is 0 Å². The molecule has 0 radical (unpaired) electrons. The molecule has 1 fully saturated rings. The van der Waals surface area contributed by atoms with Crippen molar-refractivity contribution in [1.29, 1.82) is 0 Å². The normalized spacial score (nSPS) is 29.6. The maximum Gasteiger partial charge on any atom is 0.161 e. The minimum Gasteiger partial charge on any atom is -0.334 e. The van der Waals surface area contributed by atoms with Crippen LogP contribution in [0.2, 0.25) is 5.02 Å². The first kappa shape index (κ1) is 14.3. The number of rotatable bonds is 1. The lowest BCUT2D eigenvalue weighted by Gasteiger charge is -2.33. The Hall–Kier alpha value is -0.670. The fourth-order valence-corrected chi connectivity index (χ4v) is 4.60. The number of thioether (sulfide) groups is 1. The predicted molar refractivity (Wildman–Crippen MR) is 90.1 cm³/mol. The zero-order valence-electron chi connectivity index (χ0n) is 12.1. The number of hydrogen-bond acceptors (Lipinski definition) is 3. The third kappa shape index (κ3) is 2.99. The van der Waals surface area contributed by atoms with Gasteiger partial charge in [-0.25, -0.2) is 0 Å². The molecule has 2 unspecified atom stereocenters. The van der Waals surface area contributed by atoms with Crippen molar-refractivity contribution in [1.82, 2.24) is 0 Å². The van der Waals surface area contributed by atoms with E-state index in [2.05, 4.69) is 25.2 Å². The van der Waals surface area contributed by atoms with Crippen LogP contribution >= 0.6 is 23.4 Å². The number of nitrogens with one attached hydrogen (secondary N) is 1. The fourth-order valence-electron chi connectivity index (χ4n) is 3.26. The standard InChI is InChI=1S/C16H21ClN2S/c1-11-5-6-13(17)14(8-11)18-15-19-16(10-20-15)7-3-4-12(2)9-16/h5-6,8,12H,3-4,7,9-10H2,1-2H3,(H,18,19). The van der Waals surface area contributed by atoms with Crippen molar-refractivity contribution in [3.05, 3.63) is 28.8 Å². The molecule has 0 saturated heterocycles. The molecule has 20 heavy (non-hydrogen) atoms. The number of halogens is 1. The van der Waals surface area contributed by atoms with Crippen LogP contribution in [0.15, 0.2) is 23.2 Å². The zero-order valence-corrected chi connectivity index (χ0v) is 13.7.